The average Bonchev–Trinajstić information content (AvgIpc) is 2.67. The molecular weight excluding hydrogens is 322 g/mol. The van der Waals surface area contributed by atoms with Crippen LogP contribution in [0.2, 0.25) is 0 Å². The van der Waals surface area contributed by atoms with Gasteiger partial charge in [-0.2, -0.15) is 0 Å². The van der Waals surface area contributed by atoms with Gasteiger partial charge in [0.15, 0.2) is 6.10 Å². The van der Waals surface area contributed by atoms with Crippen molar-refractivity contribution in [3.05, 3.63) is 64.7 Å². The van der Waals surface area contributed by atoms with Crippen LogP contribution in [0.1, 0.15) is 61.4 Å². The van der Waals surface area contributed by atoms with Crippen LogP contribution in [-0.2, 0) is 17.6 Å². The first kappa shape index (κ1) is 18.5. The van der Waals surface area contributed by atoms with Gasteiger partial charge < -0.3 is 10.1 Å². The van der Waals surface area contributed by atoms with Crippen LogP contribution in [0, 0.1) is 6.92 Å². The molecule has 2 atom stereocenters. The molecule has 0 aromatic heterocycles. The first-order valence-corrected chi connectivity index (χ1v) is 9.73. The maximum atomic E-state index is 12.7. The van der Waals surface area contributed by atoms with E-state index in [1.807, 2.05) is 31.2 Å². The Kier molecular flexibility index (Phi) is 5.97. The highest BCUT2D eigenvalue weighted by Gasteiger charge is 2.21. The lowest BCUT2D eigenvalue weighted by molar-refractivity contribution is -0.128. The predicted octanol–water partition coefficient (Wildman–Crippen LogP) is 4.91. The summed E-state index contributed by atoms with van der Waals surface area (Å²) in [6.07, 6.45) is 5.22. The lowest BCUT2D eigenvalue weighted by Crippen LogP contribution is -2.38. The molecule has 2 aromatic carbocycles. The van der Waals surface area contributed by atoms with Gasteiger partial charge in [0, 0.05) is 0 Å². The Bertz CT molecular complexity index is 769. The zero-order valence-electron chi connectivity index (χ0n) is 16.0. The highest BCUT2D eigenvalue weighted by Crippen LogP contribution is 2.26. The maximum absolute atomic E-state index is 12.7. The molecule has 2 aromatic rings. The predicted molar refractivity (Wildman–Crippen MR) is 106 cm³/mol. The average molecular weight is 351 g/mol. The fourth-order valence-electron chi connectivity index (χ4n) is 3.61. The summed E-state index contributed by atoms with van der Waals surface area (Å²) in [4.78, 5) is 12.7. The molecule has 0 aliphatic heterocycles. The number of hydrogen-bond acceptors (Lipinski definition) is 2. The number of aryl methyl sites for hydroxylation is 3. The van der Waals surface area contributed by atoms with Gasteiger partial charge in [-0.25, -0.2) is 0 Å². The molecule has 0 saturated heterocycles. The molecule has 3 rings (SSSR count). The zero-order chi connectivity index (χ0) is 18.5. The molecule has 0 bridgehead atoms. The van der Waals surface area contributed by atoms with Crippen molar-refractivity contribution in [3.63, 3.8) is 0 Å². The third kappa shape index (κ3) is 4.27. The summed E-state index contributed by atoms with van der Waals surface area (Å²) in [6.45, 7) is 5.90. The summed E-state index contributed by atoms with van der Waals surface area (Å²) in [5.74, 6) is 0.690. The van der Waals surface area contributed by atoms with Gasteiger partial charge in [-0.05, 0) is 74.3 Å². The van der Waals surface area contributed by atoms with Gasteiger partial charge in [-0.15, -0.1) is 0 Å². The molecule has 1 aliphatic rings. The molecule has 0 heterocycles. The fraction of sp³-hybridized carbons (Fsp3) is 0.435. The number of ether oxygens (including phenoxy) is 1. The lowest BCUT2D eigenvalue weighted by atomic mass is 9.89. The van der Waals surface area contributed by atoms with Crippen molar-refractivity contribution in [2.45, 2.75) is 65.0 Å². The number of carbonyl (C=O) groups excluding carboxylic acids is 1. The van der Waals surface area contributed by atoms with E-state index < -0.39 is 6.10 Å². The van der Waals surface area contributed by atoms with E-state index in [2.05, 4.69) is 30.4 Å². The second kappa shape index (κ2) is 8.39. The topological polar surface area (TPSA) is 38.3 Å². The molecule has 3 nitrogen and oxygen atoms in total. The largest absolute Gasteiger partial charge is 0.481 e. The fourth-order valence-corrected chi connectivity index (χ4v) is 3.61. The second-order valence-corrected chi connectivity index (χ2v) is 7.23. The van der Waals surface area contributed by atoms with E-state index >= 15 is 0 Å². The molecule has 26 heavy (non-hydrogen) atoms. The van der Waals surface area contributed by atoms with Crippen molar-refractivity contribution in [3.8, 4) is 5.75 Å². The van der Waals surface area contributed by atoms with E-state index in [0.717, 1.165) is 24.2 Å². The Morgan fingerprint density at radius 1 is 1.12 bits per heavy atom. The summed E-state index contributed by atoms with van der Waals surface area (Å²) in [5, 5.41) is 3.17. The number of fused-ring (bicyclic) bond motifs is 1. The van der Waals surface area contributed by atoms with Gasteiger partial charge in [0.2, 0.25) is 0 Å². The molecular formula is C23H29NO2. The van der Waals surface area contributed by atoms with E-state index in [4.69, 9.17) is 4.74 Å². The van der Waals surface area contributed by atoms with E-state index in [0.29, 0.717) is 0 Å². The van der Waals surface area contributed by atoms with Crippen LogP contribution in [0.5, 0.6) is 5.75 Å². The Morgan fingerprint density at radius 3 is 2.58 bits per heavy atom. The van der Waals surface area contributed by atoms with Crippen molar-refractivity contribution in [1.82, 2.24) is 5.32 Å². The van der Waals surface area contributed by atoms with Crippen LogP contribution in [0.15, 0.2) is 42.5 Å². The van der Waals surface area contributed by atoms with Crippen molar-refractivity contribution >= 4 is 5.91 Å². The molecule has 138 valence electrons. The van der Waals surface area contributed by atoms with Crippen LogP contribution in [-0.4, -0.2) is 12.0 Å². The van der Waals surface area contributed by atoms with Crippen LogP contribution in [0.4, 0.5) is 0 Å². The second-order valence-electron chi connectivity index (χ2n) is 7.23. The van der Waals surface area contributed by atoms with Gasteiger partial charge in [0.25, 0.3) is 5.91 Å². The summed E-state index contributed by atoms with van der Waals surface area (Å²) >= 11 is 0. The minimum absolute atomic E-state index is 0.0256. The first-order valence-electron chi connectivity index (χ1n) is 9.73. The van der Waals surface area contributed by atoms with Crippen molar-refractivity contribution in [2.24, 2.45) is 0 Å². The Labute approximate surface area is 156 Å². The van der Waals surface area contributed by atoms with Crippen LogP contribution < -0.4 is 10.1 Å². The smallest absolute Gasteiger partial charge is 0.261 e. The molecule has 0 saturated carbocycles. The molecule has 0 fully saturated rings. The number of amides is 1. The summed E-state index contributed by atoms with van der Waals surface area (Å²) in [6, 6.07) is 14.5. The standard InChI is InChI=1S/C23H29NO2/c1-4-21(20-14-13-18-10-6-7-11-19(18)15-20)24-23(25)17(3)26-22-12-8-5-9-16(22)2/h5,8-9,12-15,17,21H,4,6-7,10-11H2,1-3H3,(H,24,25). The molecule has 0 radical (unpaired) electrons. The van der Waals surface area contributed by atoms with Gasteiger partial charge in [-0.1, -0.05) is 43.3 Å². The SMILES string of the molecule is CCC(NC(=O)C(C)Oc1ccccc1C)c1ccc2c(c1)CCCC2. The number of para-hydroxylation sites is 1. The maximum Gasteiger partial charge on any atom is 0.261 e. The van der Waals surface area contributed by atoms with Crippen molar-refractivity contribution in [2.75, 3.05) is 0 Å². The van der Waals surface area contributed by atoms with Gasteiger partial charge in [0.05, 0.1) is 6.04 Å². The number of rotatable bonds is 6. The van der Waals surface area contributed by atoms with Crippen molar-refractivity contribution < 1.29 is 9.53 Å². The molecule has 1 amide bonds. The number of hydrogen-bond donors (Lipinski definition) is 1. The van der Waals surface area contributed by atoms with Gasteiger partial charge >= 0.3 is 0 Å². The summed E-state index contributed by atoms with van der Waals surface area (Å²) in [7, 11) is 0. The third-order valence-electron chi connectivity index (χ3n) is 5.27. The zero-order valence-corrected chi connectivity index (χ0v) is 16.0. The Balaban J connectivity index is 1.67. The van der Waals surface area contributed by atoms with E-state index in [9.17, 15) is 4.79 Å². The molecule has 0 spiro atoms. The minimum atomic E-state index is -0.525. The monoisotopic (exact) mass is 351 g/mol. The Hall–Kier alpha value is -2.29. The highest BCUT2D eigenvalue weighted by atomic mass is 16.5. The number of carbonyl (C=O) groups is 1. The summed E-state index contributed by atoms with van der Waals surface area (Å²) < 4.78 is 5.87. The summed E-state index contributed by atoms with van der Waals surface area (Å²) in [5.41, 5.74) is 5.15. The van der Waals surface area contributed by atoms with Crippen LogP contribution >= 0.6 is 0 Å². The highest BCUT2D eigenvalue weighted by molar-refractivity contribution is 5.81. The molecule has 1 aliphatic carbocycles. The van der Waals surface area contributed by atoms with Gasteiger partial charge in [0.1, 0.15) is 5.75 Å². The number of benzene rings is 2. The quantitative estimate of drug-likeness (QED) is 0.803. The lowest BCUT2D eigenvalue weighted by Gasteiger charge is -2.23. The van der Waals surface area contributed by atoms with Crippen molar-refractivity contribution in [1.29, 1.82) is 0 Å². The molecule has 2 unspecified atom stereocenters. The normalized spacial score (nSPS) is 15.7. The van der Waals surface area contributed by atoms with Crippen LogP contribution in [0.25, 0.3) is 0 Å². The minimum Gasteiger partial charge on any atom is -0.481 e. The van der Waals surface area contributed by atoms with E-state index in [1.54, 1.807) is 6.92 Å². The van der Waals surface area contributed by atoms with E-state index in [-0.39, 0.29) is 11.9 Å². The van der Waals surface area contributed by atoms with E-state index in [1.165, 1.54) is 36.0 Å². The van der Waals surface area contributed by atoms with Crippen LogP contribution in [0.3, 0.4) is 0 Å². The van der Waals surface area contributed by atoms with Gasteiger partial charge in [-0.3, -0.25) is 4.79 Å². The first-order chi connectivity index (χ1) is 12.6. The molecule has 1 N–H and O–H groups in total. The third-order valence-corrected chi connectivity index (χ3v) is 5.27. The Morgan fingerprint density at radius 2 is 1.85 bits per heavy atom. The number of nitrogens with one attached hydrogen (secondary N) is 1. The molecule has 3 heteroatoms.